The van der Waals surface area contributed by atoms with Crippen molar-refractivity contribution in [3.63, 3.8) is 0 Å². The third-order valence-electron chi connectivity index (χ3n) is 5.68. The summed E-state index contributed by atoms with van der Waals surface area (Å²) in [6, 6.07) is 17.7. The van der Waals surface area contributed by atoms with Crippen LogP contribution in [0.15, 0.2) is 54.6 Å². The van der Waals surface area contributed by atoms with Crippen LogP contribution in [0.1, 0.15) is 32.6 Å². The minimum Gasteiger partial charge on any atom is -0.446 e. The summed E-state index contributed by atoms with van der Waals surface area (Å²) in [5, 5.41) is 2.91. The molecule has 0 saturated carbocycles. The van der Waals surface area contributed by atoms with Gasteiger partial charge in [0.15, 0.2) is 0 Å². The second-order valence-corrected chi connectivity index (χ2v) is 8.05. The Morgan fingerprint density at radius 2 is 1.74 bits per heavy atom. The summed E-state index contributed by atoms with van der Waals surface area (Å²) in [5.74, 6) is 0.191. The highest BCUT2D eigenvalue weighted by molar-refractivity contribution is 5.91. The van der Waals surface area contributed by atoms with Crippen molar-refractivity contribution in [3.8, 4) is 11.1 Å². The van der Waals surface area contributed by atoms with Crippen LogP contribution < -0.4 is 5.32 Å². The Hall–Kier alpha value is -2.86. The van der Waals surface area contributed by atoms with Crippen molar-refractivity contribution in [2.24, 2.45) is 0 Å². The molecule has 2 amide bonds. The highest BCUT2D eigenvalue weighted by atomic mass is 16.6. The van der Waals surface area contributed by atoms with Gasteiger partial charge >= 0.3 is 6.09 Å². The lowest BCUT2D eigenvalue weighted by Gasteiger charge is -2.31. The normalized spacial score (nSPS) is 14.8. The second kappa shape index (κ2) is 11.5. The zero-order chi connectivity index (χ0) is 22.1. The summed E-state index contributed by atoms with van der Waals surface area (Å²) in [6.07, 6.45) is 2.57. The molecule has 1 aliphatic rings. The van der Waals surface area contributed by atoms with Gasteiger partial charge in [0.1, 0.15) is 6.10 Å². The number of hydrogen-bond donors (Lipinski definition) is 1. The van der Waals surface area contributed by atoms with Crippen LogP contribution in [-0.4, -0.2) is 61.1 Å². The van der Waals surface area contributed by atoms with Gasteiger partial charge in [0.05, 0.1) is 5.69 Å². The smallest absolute Gasteiger partial charge is 0.411 e. The lowest BCUT2D eigenvalue weighted by molar-refractivity contribution is -0.130. The number of carbonyl (C=O) groups is 2. The van der Waals surface area contributed by atoms with E-state index in [0.29, 0.717) is 6.42 Å². The molecule has 3 rings (SSSR count). The van der Waals surface area contributed by atoms with Crippen LogP contribution in [0.3, 0.4) is 0 Å². The van der Waals surface area contributed by atoms with Crippen molar-refractivity contribution in [1.29, 1.82) is 0 Å². The molecule has 0 atom stereocenters. The topological polar surface area (TPSA) is 61.9 Å². The lowest BCUT2D eigenvalue weighted by Crippen LogP contribution is -2.40. The van der Waals surface area contributed by atoms with Crippen molar-refractivity contribution in [2.75, 3.05) is 38.5 Å². The minimum atomic E-state index is -0.418. The van der Waals surface area contributed by atoms with E-state index in [4.69, 9.17) is 4.74 Å². The first-order valence-corrected chi connectivity index (χ1v) is 11.1. The number of likely N-dealkylation sites (tertiary alicyclic amines) is 1. The number of piperidine rings is 1. The van der Waals surface area contributed by atoms with Gasteiger partial charge in [-0.3, -0.25) is 10.1 Å². The largest absolute Gasteiger partial charge is 0.446 e. The Bertz CT molecular complexity index is 848. The number of carbonyl (C=O) groups excluding carboxylic acids is 2. The third-order valence-corrected chi connectivity index (χ3v) is 5.68. The first-order chi connectivity index (χ1) is 15.1. The fourth-order valence-corrected chi connectivity index (χ4v) is 3.91. The maximum Gasteiger partial charge on any atom is 0.411 e. The SMILES string of the molecule is CCCN(C)C(=O)CCN1CCC(OC(=O)Nc2ccccc2-c2ccccc2)CC1. The molecule has 0 bridgehead atoms. The molecule has 0 aromatic heterocycles. The Labute approximate surface area is 185 Å². The molecule has 31 heavy (non-hydrogen) atoms. The van der Waals surface area contributed by atoms with Gasteiger partial charge in [-0.1, -0.05) is 55.5 Å². The molecule has 0 radical (unpaired) electrons. The van der Waals surface area contributed by atoms with Crippen LogP contribution in [-0.2, 0) is 9.53 Å². The summed E-state index contributed by atoms with van der Waals surface area (Å²) in [7, 11) is 1.86. The molecule has 1 fully saturated rings. The van der Waals surface area contributed by atoms with Gasteiger partial charge in [0.2, 0.25) is 5.91 Å². The van der Waals surface area contributed by atoms with Crippen molar-refractivity contribution < 1.29 is 14.3 Å². The number of rotatable bonds is 8. The predicted octanol–water partition coefficient (Wildman–Crippen LogP) is 4.63. The molecular weight excluding hydrogens is 390 g/mol. The highest BCUT2D eigenvalue weighted by Crippen LogP contribution is 2.28. The predicted molar refractivity (Wildman–Crippen MR) is 124 cm³/mol. The first-order valence-electron chi connectivity index (χ1n) is 11.1. The van der Waals surface area contributed by atoms with E-state index in [9.17, 15) is 9.59 Å². The summed E-state index contributed by atoms with van der Waals surface area (Å²) < 4.78 is 5.68. The number of nitrogens with one attached hydrogen (secondary N) is 1. The van der Waals surface area contributed by atoms with Crippen LogP contribution in [0.2, 0.25) is 0 Å². The van der Waals surface area contributed by atoms with E-state index < -0.39 is 6.09 Å². The number of hydrogen-bond acceptors (Lipinski definition) is 4. The number of amides is 2. The molecule has 0 unspecified atom stereocenters. The van der Waals surface area contributed by atoms with E-state index in [0.717, 1.165) is 62.3 Å². The fraction of sp³-hybridized carbons (Fsp3) is 0.440. The van der Waals surface area contributed by atoms with Crippen LogP contribution >= 0.6 is 0 Å². The van der Waals surface area contributed by atoms with Gasteiger partial charge in [-0.05, 0) is 30.9 Å². The number of benzene rings is 2. The maximum atomic E-state index is 12.5. The summed E-state index contributed by atoms with van der Waals surface area (Å²) in [6.45, 7) is 5.31. The molecule has 1 aliphatic heterocycles. The van der Waals surface area contributed by atoms with Crippen molar-refractivity contribution in [3.05, 3.63) is 54.6 Å². The molecule has 1 saturated heterocycles. The fourth-order valence-electron chi connectivity index (χ4n) is 3.91. The molecule has 1 heterocycles. The van der Waals surface area contributed by atoms with E-state index in [1.54, 1.807) is 4.90 Å². The van der Waals surface area contributed by atoms with E-state index in [2.05, 4.69) is 17.1 Å². The Balaban J connectivity index is 1.45. The van der Waals surface area contributed by atoms with E-state index in [-0.39, 0.29) is 12.0 Å². The van der Waals surface area contributed by atoms with E-state index in [1.165, 1.54) is 0 Å². The van der Waals surface area contributed by atoms with E-state index >= 15 is 0 Å². The lowest BCUT2D eigenvalue weighted by atomic mass is 10.0. The van der Waals surface area contributed by atoms with E-state index in [1.807, 2.05) is 61.6 Å². The van der Waals surface area contributed by atoms with Gasteiger partial charge in [-0.15, -0.1) is 0 Å². The molecule has 2 aromatic rings. The standard InChI is InChI=1S/C25H33N3O3/c1-3-16-27(2)24(29)15-19-28-17-13-21(14-18-28)31-25(30)26-23-12-8-7-11-22(23)20-9-5-4-6-10-20/h4-12,21H,3,13-19H2,1-2H3,(H,26,30). The Morgan fingerprint density at radius 3 is 2.45 bits per heavy atom. The van der Waals surface area contributed by atoms with Gasteiger partial charge in [0.25, 0.3) is 0 Å². The van der Waals surface area contributed by atoms with Gasteiger partial charge < -0.3 is 14.5 Å². The molecule has 2 aromatic carbocycles. The number of nitrogens with zero attached hydrogens (tertiary/aromatic N) is 2. The van der Waals surface area contributed by atoms with Crippen molar-refractivity contribution in [2.45, 2.75) is 38.7 Å². The van der Waals surface area contributed by atoms with Crippen molar-refractivity contribution in [1.82, 2.24) is 9.80 Å². The highest BCUT2D eigenvalue weighted by Gasteiger charge is 2.23. The molecule has 0 aliphatic carbocycles. The number of anilines is 1. The third kappa shape index (κ3) is 6.82. The Morgan fingerprint density at radius 1 is 1.06 bits per heavy atom. The second-order valence-electron chi connectivity index (χ2n) is 8.05. The van der Waals surface area contributed by atoms with Gasteiger partial charge in [0, 0.05) is 45.2 Å². The number of ether oxygens (including phenoxy) is 1. The molecular formula is C25H33N3O3. The van der Waals surface area contributed by atoms with Crippen LogP contribution in [0, 0.1) is 0 Å². The molecule has 1 N–H and O–H groups in total. The molecule has 6 heteroatoms. The first kappa shape index (κ1) is 22.8. The molecule has 166 valence electrons. The van der Waals surface area contributed by atoms with Gasteiger partial charge in [-0.2, -0.15) is 0 Å². The summed E-state index contributed by atoms with van der Waals surface area (Å²) in [5.41, 5.74) is 2.75. The monoisotopic (exact) mass is 423 g/mol. The summed E-state index contributed by atoms with van der Waals surface area (Å²) >= 11 is 0. The zero-order valence-corrected chi connectivity index (χ0v) is 18.5. The molecule has 6 nitrogen and oxygen atoms in total. The Kier molecular flexibility index (Phi) is 8.47. The van der Waals surface area contributed by atoms with Gasteiger partial charge in [-0.25, -0.2) is 4.79 Å². The zero-order valence-electron chi connectivity index (χ0n) is 18.5. The van der Waals surface area contributed by atoms with Crippen LogP contribution in [0.4, 0.5) is 10.5 Å². The maximum absolute atomic E-state index is 12.5. The summed E-state index contributed by atoms with van der Waals surface area (Å²) in [4.78, 5) is 28.7. The quantitative estimate of drug-likeness (QED) is 0.673. The average molecular weight is 424 g/mol. The van der Waals surface area contributed by atoms with Crippen LogP contribution in [0.5, 0.6) is 0 Å². The average Bonchev–Trinajstić information content (AvgIpc) is 2.79. The molecule has 0 spiro atoms. The number of para-hydroxylation sites is 1. The minimum absolute atomic E-state index is 0.0985. The van der Waals surface area contributed by atoms with Crippen molar-refractivity contribution >= 4 is 17.7 Å². The van der Waals surface area contributed by atoms with Crippen LogP contribution in [0.25, 0.3) is 11.1 Å².